The molecule has 0 saturated carbocycles. The minimum atomic E-state index is -4.18. The number of anilines is 1. The number of hydrogen-bond donors (Lipinski definition) is 3. The molecule has 1 amide bonds. The van der Waals surface area contributed by atoms with Gasteiger partial charge in [-0.1, -0.05) is 11.2 Å². The Morgan fingerprint density at radius 2 is 1.72 bits per heavy atom. The summed E-state index contributed by atoms with van der Waals surface area (Å²) in [7, 11) is 0.0787. The second-order valence-corrected chi connectivity index (χ2v) is 11.4. The molecule has 1 aromatic heterocycles. The largest absolute Gasteiger partial charge is 0.496 e. The molecule has 208 valence electrons. The molecule has 2 aliphatic heterocycles. The number of rotatable bonds is 8. The Bertz CT molecular complexity index is 1570. The van der Waals surface area contributed by atoms with Crippen molar-refractivity contribution in [2.24, 2.45) is 0 Å². The lowest BCUT2D eigenvalue weighted by atomic mass is 10.1. The van der Waals surface area contributed by atoms with E-state index in [0.29, 0.717) is 29.8 Å². The lowest BCUT2D eigenvalue weighted by Crippen LogP contribution is -2.49. The molecule has 0 radical (unpaired) electrons. The first-order valence-electron chi connectivity index (χ1n) is 12.0. The van der Waals surface area contributed by atoms with Crippen LogP contribution in [0.15, 0.2) is 51.0 Å². The van der Waals surface area contributed by atoms with Crippen LogP contribution in [0.2, 0.25) is 0 Å². The van der Waals surface area contributed by atoms with Crippen LogP contribution in [0.4, 0.5) is 5.82 Å². The number of methoxy groups -OCH3 is 3. The Hall–Kier alpha value is -3.91. The monoisotopic (exact) mass is 575 g/mol. The molecule has 1 fully saturated rings. The number of nitrogens with zero attached hydrogens (tertiary/aromatic N) is 3. The van der Waals surface area contributed by atoms with E-state index in [1.165, 1.54) is 33.5 Å². The van der Waals surface area contributed by atoms with Gasteiger partial charge in [-0.05, 0) is 24.3 Å². The van der Waals surface area contributed by atoms with Gasteiger partial charge in [-0.3, -0.25) is 9.52 Å². The average molecular weight is 576 g/mol. The third-order valence-electron chi connectivity index (χ3n) is 6.54. The van der Waals surface area contributed by atoms with Gasteiger partial charge in [-0.2, -0.15) is 0 Å². The minimum absolute atomic E-state index is 0.0227. The first-order valence-corrected chi connectivity index (χ1v) is 14.5. The number of carbonyl (C=O) groups is 1. The predicted octanol–water partition coefficient (Wildman–Crippen LogP) is 2.16. The molecule has 39 heavy (non-hydrogen) atoms. The van der Waals surface area contributed by atoms with E-state index in [-0.39, 0.29) is 28.1 Å². The Balaban J connectivity index is 1.39. The number of hydrogen-bond acceptors (Lipinski definition) is 10. The summed E-state index contributed by atoms with van der Waals surface area (Å²) in [5.41, 5.74) is 1.16. The molecule has 3 heterocycles. The molecular formula is C25H29N5O7S2. The molecule has 2 N–H and O–H groups in total. The summed E-state index contributed by atoms with van der Waals surface area (Å²) in [6.07, 6.45) is 0. The molecule has 1 saturated heterocycles. The topological polar surface area (TPSA) is 135 Å². The number of sulfonamides is 1. The zero-order valence-corrected chi connectivity index (χ0v) is 23.6. The van der Waals surface area contributed by atoms with Gasteiger partial charge in [-0.15, -0.1) is 11.4 Å². The molecule has 12 nitrogen and oxygen atoms in total. The van der Waals surface area contributed by atoms with E-state index in [9.17, 15) is 13.2 Å². The van der Waals surface area contributed by atoms with Gasteiger partial charge in [0.15, 0.2) is 16.3 Å². The van der Waals surface area contributed by atoms with E-state index in [1.54, 1.807) is 25.1 Å². The maximum atomic E-state index is 13.4. The van der Waals surface area contributed by atoms with E-state index in [2.05, 4.69) is 25.5 Å². The van der Waals surface area contributed by atoms with Crippen molar-refractivity contribution in [1.82, 2.24) is 20.3 Å². The van der Waals surface area contributed by atoms with Crippen LogP contribution in [-0.2, 0) is 14.8 Å². The normalized spacial score (nSPS) is 15.7. The van der Waals surface area contributed by atoms with Crippen molar-refractivity contribution in [1.29, 1.82) is 0 Å². The molecule has 0 spiro atoms. The van der Waals surface area contributed by atoms with Crippen molar-refractivity contribution in [3.63, 3.8) is 0 Å². The number of benzene rings is 2. The number of aromatic nitrogens is 1. The Morgan fingerprint density at radius 1 is 1.05 bits per heavy atom. The van der Waals surface area contributed by atoms with E-state index in [4.69, 9.17) is 18.7 Å². The summed E-state index contributed by atoms with van der Waals surface area (Å²) in [4.78, 5) is 16.4. The highest BCUT2D eigenvalue weighted by molar-refractivity contribution is 8.02. The van der Waals surface area contributed by atoms with Crippen molar-refractivity contribution in [2.45, 2.75) is 11.8 Å². The summed E-state index contributed by atoms with van der Waals surface area (Å²) < 4.78 is 50.9. The van der Waals surface area contributed by atoms with Crippen LogP contribution in [0, 0.1) is 0 Å². The standard InChI is InChI=1S/C25H29N5O7S2/c1-15(31)29-8-10-30(11-9-29)21-14-38-25(26-21)16-12-19(36-4)22-20(13-16)37-27-24(22)28-39(32,33)23-17(34-2)6-5-7-18(23)35-3/h5-7,12-14,26,38H,8-11H2,1-4H3,(H,27,28). The van der Waals surface area contributed by atoms with Crippen LogP contribution in [-0.4, -0.2) is 81.8 Å². The molecule has 5 rings (SSSR count). The highest BCUT2D eigenvalue weighted by Gasteiger charge is 2.29. The van der Waals surface area contributed by atoms with Crippen molar-refractivity contribution in [3.8, 4) is 17.2 Å². The first kappa shape index (κ1) is 26.7. The summed E-state index contributed by atoms with van der Waals surface area (Å²) in [6.45, 7) is 4.43. The van der Waals surface area contributed by atoms with Crippen molar-refractivity contribution in [2.75, 3.05) is 52.2 Å². The average Bonchev–Trinajstić information content (AvgIpc) is 3.59. The number of ether oxygens (including phenoxy) is 3. The lowest BCUT2D eigenvalue weighted by Gasteiger charge is -2.36. The Morgan fingerprint density at radius 3 is 2.33 bits per heavy atom. The number of thiol groups is 1. The van der Waals surface area contributed by atoms with Crippen molar-refractivity contribution < 1.29 is 31.9 Å². The van der Waals surface area contributed by atoms with E-state index >= 15 is 0 Å². The molecule has 14 heteroatoms. The third kappa shape index (κ3) is 5.08. The molecule has 0 bridgehead atoms. The van der Waals surface area contributed by atoms with Gasteiger partial charge in [0.25, 0.3) is 10.0 Å². The summed E-state index contributed by atoms with van der Waals surface area (Å²) in [5, 5.41) is 9.91. The van der Waals surface area contributed by atoms with Crippen LogP contribution >= 0.6 is 11.4 Å². The van der Waals surface area contributed by atoms with Gasteiger partial charge in [0.2, 0.25) is 5.91 Å². The summed E-state index contributed by atoms with van der Waals surface area (Å²) in [6, 6.07) is 8.28. The van der Waals surface area contributed by atoms with Gasteiger partial charge in [0, 0.05) is 44.1 Å². The van der Waals surface area contributed by atoms with Gasteiger partial charge >= 0.3 is 0 Å². The maximum absolute atomic E-state index is 13.4. The zero-order chi connectivity index (χ0) is 27.7. The number of amides is 1. The van der Waals surface area contributed by atoms with Gasteiger partial charge in [0.05, 0.1) is 26.3 Å². The van der Waals surface area contributed by atoms with Crippen molar-refractivity contribution in [3.05, 3.63) is 47.1 Å². The van der Waals surface area contributed by atoms with Crippen molar-refractivity contribution >= 4 is 49.1 Å². The van der Waals surface area contributed by atoms with Gasteiger partial charge in [0.1, 0.15) is 28.5 Å². The highest BCUT2D eigenvalue weighted by atomic mass is 32.2. The molecule has 2 aromatic carbocycles. The molecule has 2 aliphatic rings. The van der Waals surface area contributed by atoms with Crippen LogP contribution in [0.3, 0.4) is 0 Å². The number of nitrogens with one attached hydrogen (secondary N) is 2. The zero-order valence-electron chi connectivity index (χ0n) is 21.8. The number of carbonyl (C=O) groups excluding carboxylic acids is 1. The predicted molar refractivity (Wildman–Crippen MR) is 149 cm³/mol. The lowest BCUT2D eigenvalue weighted by molar-refractivity contribution is -0.130. The highest BCUT2D eigenvalue weighted by Crippen LogP contribution is 2.38. The minimum Gasteiger partial charge on any atom is -0.496 e. The van der Waals surface area contributed by atoms with Crippen LogP contribution in [0.25, 0.3) is 11.0 Å². The molecule has 0 atom stereocenters. The maximum Gasteiger partial charge on any atom is 0.270 e. The quantitative estimate of drug-likeness (QED) is 0.271. The van der Waals surface area contributed by atoms with Crippen LogP contribution in [0.1, 0.15) is 12.5 Å². The smallest absolute Gasteiger partial charge is 0.270 e. The van der Waals surface area contributed by atoms with E-state index in [1.807, 2.05) is 4.90 Å². The fourth-order valence-corrected chi connectivity index (χ4v) is 6.81. The van der Waals surface area contributed by atoms with Crippen LogP contribution in [0.5, 0.6) is 17.2 Å². The summed E-state index contributed by atoms with van der Waals surface area (Å²) >= 11 is 0.949. The van der Waals surface area contributed by atoms with E-state index < -0.39 is 10.0 Å². The van der Waals surface area contributed by atoms with Crippen LogP contribution < -0.4 is 24.2 Å². The summed E-state index contributed by atoms with van der Waals surface area (Å²) in [5.74, 6) is 1.68. The molecule has 0 unspecified atom stereocenters. The number of piperazine rings is 1. The fourth-order valence-electron chi connectivity index (χ4n) is 4.54. The Kier molecular flexibility index (Phi) is 7.32. The second kappa shape index (κ2) is 10.7. The SMILES string of the molecule is COc1cccc(OC)c1S(=O)(=O)Nc1noc2cc(C3=[SH]C=C(N4CCN(C(C)=O)CC4)N3)cc(OC)c12. The molecule has 0 aliphatic carbocycles. The van der Waals surface area contributed by atoms with Gasteiger partial charge < -0.3 is 33.9 Å². The third-order valence-corrected chi connectivity index (χ3v) is 8.95. The first-order chi connectivity index (χ1) is 18.7. The fraction of sp³-hybridized carbons (Fsp3) is 0.320. The van der Waals surface area contributed by atoms with E-state index in [0.717, 1.165) is 40.8 Å². The van der Waals surface area contributed by atoms with Gasteiger partial charge in [-0.25, -0.2) is 8.42 Å². The Labute approximate surface area is 229 Å². The second-order valence-electron chi connectivity index (χ2n) is 8.79. The number of fused-ring (bicyclic) bond motifs is 1. The molecular weight excluding hydrogens is 546 g/mol. The molecule has 3 aromatic rings.